The van der Waals surface area contributed by atoms with Gasteiger partial charge in [0.2, 0.25) is 0 Å². The highest BCUT2D eigenvalue weighted by Gasteiger charge is 2.28. The van der Waals surface area contributed by atoms with Gasteiger partial charge in [-0.3, -0.25) is 0 Å². The van der Waals surface area contributed by atoms with Crippen molar-refractivity contribution in [3.05, 3.63) is 59.7 Å². The monoisotopic (exact) mass is 298 g/mol. The molecule has 2 aromatic carbocycles. The lowest BCUT2D eigenvalue weighted by atomic mass is 9.98. The van der Waals surface area contributed by atoms with Gasteiger partial charge in [0.1, 0.15) is 12.8 Å². The minimum absolute atomic E-state index is 0.0287. The zero-order valence-electron chi connectivity index (χ0n) is 12.0. The van der Waals surface area contributed by atoms with E-state index in [1.165, 1.54) is 11.1 Å². The molecule has 22 heavy (non-hydrogen) atoms. The molecule has 3 rings (SSSR count). The molecule has 1 aliphatic rings. The fourth-order valence-corrected chi connectivity index (χ4v) is 2.84. The molecule has 0 bridgehead atoms. The first-order valence-corrected chi connectivity index (χ1v) is 7.19. The highest BCUT2D eigenvalue weighted by Crippen LogP contribution is 2.44. The summed E-state index contributed by atoms with van der Waals surface area (Å²) in [5.41, 5.74) is 9.86. The van der Waals surface area contributed by atoms with Crippen LogP contribution in [0.2, 0.25) is 0 Å². The van der Waals surface area contributed by atoms with Gasteiger partial charge in [0, 0.05) is 5.92 Å². The van der Waals surface area contributed by atoms with Crippen LogP contribution in [-0.2, 0) is 4.74 Å². The molecule has 1 amide bonds. The van der Waals surface area contributed by atoms with Crippen LogP contribution in [0.1, 0.15) is 17.0 Å². The van der Waals surface area contributed by atoms with Crippen LogP contribution in [0.25, 0.3) is 11.1 Å². The fraction of sp³-hybridized carbons (Fsp3) is 0.235. The van der Waals surface area contributed by atoms with E-state index in [2.05, 4.69) is 29.6 Å². The number of nitrogens with one attached hydrogen (secondary N) is 1. The summed E-state index contributed by atoms with van der Waals surface area (Å²) in [6.07, 6.45) is -1.66. The molecule has 1 unspecified atom stereocenters. The maximum Gasteiger partial charge on any atom is 0.407 e. The number of carbonyl (C=O) groups is 1. The molecular weight excluding hydrogens is 280 g/mol. The Bertz CT molecular complexity index is 640. The highest BCUT2D eigenvalue weighted by molar-refractivity contribution is 5.79. The van der Waals surface area contributed by atoms with Crippen molar-refractivity contribution >= 4 is 6.09 Å². The smallest absolute Gasteiger partial charge is 0.407 e. The van der Waals surface area contributed by atoms with Crippen LogP contribution < -0.4 is 11.1 Å². The van der Waals surface area contributed by atoms with E-state index < -0.39 is 12.3 Å². The number of aliphatic hydroxyl groups is 1. The minimum Gasteiger partial charge on any atom is -0.449 e. The van der Waals surface area contributed by atoms with Crippen LogP contribution in [0.15, 0.2) is 48.5 Å². The second-order valence-corrected chi connectivity index (χ2v) is 5.27. The Balaban J connectivity index is 1.75. The predicted octanol–water partition coefficient (Wildman–Crippen LogP) is 1.80. The second kappa shape index (κ2) is 6.17. The van der Waals surface area contributed by atoms with Gasteiger partial charge in [-0.15, -0.1) is 0 Å². The SMILES string of the molecule is NC(O)CNC(=O)OCC1c2ccccc2-c2ccccc21. The fourth-order valence-electron chi connectivity index (χ4n) is 2.84. The lowest BCUT2D eigenvalue weighted by Crippen LogP contribution is -2.37. The van der Waals surface area contributed by atoms with Crippen molar-refractivity contribution in [1.82, 2.24) is 5.32 Å². The topological polar surface area (TPSA) is 84.6 Å². The first-order valence-electron chi connectivity index (χ1n) is 7.19. The van der Waals surface area contributed by atoms with E-state index in [1.807, 2.05) is 24.3 Å². The van der Waals surface area contributed by atoms with E-state index in [9.17, 15) is 4.79 Å². The summed E-state index contributed by atoms with van der Waals surface area (Å²) in [4.78, 5) is 11.6. The van der Waals surface area contributed by atoms with Crippen LogP contribution in [0.5, 0.6) is 0 Å². The normalized spacial score (nSPS) is 14.1. The molecule has 2 aromatic rings. The van der Waals surface area contributed by atoms with Gasteiger partial charge in [0.25, 0.3) is 0 Å². The molecule has 0 heterocycles. The Labute approximate surface area is 128 Å². The second-order valence-electron chi connectivity index (χ2n) is 5.27. The van der Waals surface area contributed by atoms with E-state index >= 15 is 0 Å². The van der Waals surface area contributed by atoms with Crippen molar-refractivity contribution in [1.29, 1.82) is 0 Å². The summed E-state index contributed by atoms with van der Waals surface area (Å²) in [6.45, 7) is 0.219. The molecule has 0 spiro atoms. The first kappa shape index (κ1) is 14.6. The van der Waals surface area contributed by atoms with Crippen molar-refractivity contribution in [2.75, 3.05) is 13.2 Å². The molecule has 0 saturated carbocycles. The Morgan fingerprint density at radius 1 is 1.14 bits per heavy atom. The third-order valence-corrected chi connectivity index (χ3v) is 3.80. The van der Waals surface area contributed by atoms with Gasteiger partial charge in [0.05, 0.1) is 6.54 Å². The average Bonchev–Trinajstić information content (AvgIpc) is 2.85. The molecule has 5 heteroatoms. The number of hydrogen-bond acceptors (Lipinski definition) is 4. The molecule has 114 valence electrons. The standard InChI is InChI=1S/C17H18N2O3/c18-16(20)9-19-17(21)22-10-15-13-7-3-1-5-11(13)12-6-2-4-8-14(12)15/h1-8,15-16,20H,9-10,18H2,(H,19,21). The number of fused-ring (bicyclic) bond motifs is 3. The predicted molar refractivity (Wildman–Crippen MR) is 83.3 cm³/mol. The Morgan fingerprint density at radius 3 is 2.23 bits per heavy atom. The van der Waals surface area contributed by atoms with Gasteiger partial charge < -0.3 is 20.9 Å². The molecule has 5 nitrogen and oxygen atoms in total. The van der Waals surface area contributed by atoms with Crippen molar-refractivity contribution < 1.29 is 14.6 Å². The average molecular weight is 298 g/mol. The van der Waals surface area contributed by atoms with Crippen molar-refractivity contribution in [3.8, 4) is 11.1 Å². The maximum absolute atomic E-state index is 11.6. The quantitative estimate of drug-likeness (QED) is 0.751. The van der Waals surface area contributed by atoms with Crippen molar-refractivity contribution in [3.63, 3.8) is 0 Å². The zero-order valence-corrected chi connectivity index (χ0v) is 12.0. The molecule has 0 aromatic heterocycles. The van der Waals surface area contributed by atoms with Gasteiger partial charge in [-0.1, -0.05) is 48.5 Å². The maximum atomic E-state index is 11.6. The third kappa shape index (κ3) is 2.81. The largest absolute Gasteiger partial charge is 0.449 e. The van der Waals surface area contributed by atoms with Crippen LogP contribution in [0.4, 0.5) is 4.79 Å². The van der Waals surface area contributed by atoms with E-state index in [0.29, 0.717) is 0 Å². The Kier molecular flexibility index (Phi) is 4.09. The van der Waals surface area contributed by atoms with E-state index in [1.54, 1.807) is 0 Å². The lowest BCUT2D eigenvalue weighted by molar-refractivity contribution is 0.130. The van der Waals surface area contributed by atoms with Gasteiger partial charge >= 0.3 is 6.09 Å². The summed E-state index contributed by atoms with van der Waals surface area (Å²) in [5.74, 6) is 0.0287. The minimum atomic E-state index is -1.08. The molecule has 0 fully saturated rings. The molecular formula is C17H18N2O3. The van der Waals surface area contributed by atoms with Crippen LogP contribution in [0.3, 0.4) is 0 Å². The number of rotatable bonds is 4. The van der Waals surface area contributed by atoms with Gasteiger partial charge in [-0.25, -0.2) is 4.79 Å². The summed E-state index contributed by atoms with van der Waals surface area (Å²) in [5, 5.41) is 11.4. The molecule has 1 atom stereocenters. The highest BCUT2D eigenvalue weighted by atomic mass is 16.5. The number of hydrogen-bond donors (Lipinski definition) is 3. The molecule has 4 N–H and O–H groups in total. The summed E-state index contributed by atoms with van der Waals surface area (Å²) >= 11 is 0. The lowest BCUT2D eigenvalue weighted by Gasteiger charge is -2.15. The molecule has 0 radical (unpaired) electrons. The number of nitrogens with two attached hydrogens (primary N) is 1. The number of carbonyl (C=O) groups excluding carboxylic acids is 1. The summed E-state index contributed by atoms with van der Waals surface area (Å²) in [7, 11) is 0. The number of ether oxygens (including phenoxy) is 1. The molecule has 1 aliphatic carbocycles. The first-order chi connectivity index (χ1) is 10.7. The van der Waals surface area contributed by atoms with Crippen LogP contribution in [-0.4, -0.2) is 30.6 Å². The van der Waals surface area contributed by atoms with E-state index in [-0.39, 0.29) is 19.1 Å². The zero-order chi connectivity index (χ0) is 15.5. The number of amides is 1. The number of benzene rings is 2. The van der Waals surface area contributed by atoms with E-state index in [0.717, 1.165) is 11.1 Å². The third-order valence-electron chi connectivity index (χ3n) is 3.80. The van der Waals surface area contributed by atoms with Gasteiger partial charge in [0.15, 0.2) is 0 Å². The Hall–Kier alpha value is -2.37. The van der Waals surface area contributed by atoms with Crippen LogP contribution in [0, 0.1) is 0 Å². The number of alkyl carbamates (subject to hydrolysis) is 1. The molecule has 0 aliphatic heterocycles. The van der Waals surface area contributed by atoms with Crippen molar-refractivity contribution in [2.45, 2.75) is 12.1 Å². The van der Waals surface area contributed by atoms with Gasteiger partial charge in [-0.2, -0.15) is 0 Å². The van der Waals surface area contributed by atoms with E-state index in [4.69, 9.17) is 15.6 Å². The van der Waals surface area contributed by atoms with Crippen molar-refractivity contribution in [2.24, 2.45) is 5.73 Å². The van der Waals surface area contributed by atoms with Gasteiger partial charge in [-0.05, 0) is 22.3 Å². The Morgan fingerprint density at radius 2 is 1.68 bits per heavy atom. The van der Waals surface area contributed by atoms with Crippen LogP contribution >= 0.6 is 0 Å². The molecule has 0 saturated heterocycles. The number of aliphatic hydroxyl groups excluding tert-OH is 1. The summed E-state index contributed by atoms with van der Waals surface area (Å²) in [6, 6.07) is 16.3. The summed E-state index contributed by atoms with van der Waals surface area (Å²) < 4.78 is 5.27.